The van der Waals surface area contributed by atoms with E-state index in [9.17, 15) is 9.59 Å². The van der Waals surface area contributed by atoms with Crippen molar-refractivity contribution in [2.45, 2.75) is 32.2 Å². The van der Waals surface area contributed by atoms with Crippen LogP contribution in [0.3, 0.4) is 0 Å². The third-order valence-corrected chi connectivity index (χ3v) is 5.30. The van der Waals surface area contributed by atoms with Crippen LogP contribution >= 0.6 is 27.7 Å². The Labute approximate surface area is 126 Å². The number of ketones is 1. The van der Waals surface area contributed by atoms with Gasteiger partial charge in [0.1, 0.15) is 5.37 Å². The number of Topliss-reactive ketones (excluding diaryl/α,β-unsaturated/α-hetero) is 1. The van der Waals surface area contributed by atoms with Crippen molar-refractivity contribution in [1.82, 2.24) is 4.90 Å². The minimum atomic E-state index is -0.492. The molecular weight excluding hydrogens is 330 g/mol. The molecule has 1 saturated heterocycles. The summed E-state index contributed by atoms with van der Waals surface area (Å²) in [6.07, 6.45) is -0.412. The van der Waals surface area contributed by atoms with Crippen molar-refractivity contribution in [3.05, 3.63) is 11.3 Å². The molecule has 0 aromatic heterocycles. The molecule has 4 nitrogen and oxygen atoms in total. The van der Waals surface area contributed by atoms with Crippen LogP contribution in [0, 0.1) is 5.41 Å². The number of halogens is 1. The summed E-state index contributed by atoms with van der Waals surface area (Å²) in [7, 11) is 1.54. The Bertz CT molecular complexity index is 455. The second-order valence-corrected chi connectivity index (χ2v) is 7.40. The summed E-state index contributed by atoms with van der Waals surface area (Å²) in [5.74, 6) is 0.678. The lowest BCUT2D eigenvalue weighted by Gasteiger charge is -2.50. The van der Waals surface area contributed by atoms with E-state index in [1.807, 2.05) is 20.8 Å². The summed E-state index contributed by atoms with van der Waals surface area (Å²) in [6, 6.07) is 0. The monoisotopic (exact) mass is 347 g/mol. The second-order valence-electron chi connectivity index (χ2n) is 5.73. The number of allylic oxidation sites excluding steroid dienone is 1. The number of hydrogen-bond donors (Lipinski definition) is 0. The van der Waals surface area contributed by atoms with Gasteiger partial charge in [-0.05, 0) is 5.57 Å². The first-order valence-corrected chi connectivity index (χ1v) is 8.30. The Hall–Kier alpha value is -0.330. The van der Waals surface area contributed by atoms with Gasteiger partial charge in [0, 0.05) is 23.6 Å². The normalized spacial score (nSPS) is 27.2. The quantitative estimate of drug-likeness (QED) is 0.579. The maximum absolute atomic E-state index is 12.6. The molecule has 0 spiro atoms. The van der Waals surface area contributed by atoms with Gasteiger partial charge in [0.25, 0.3) is 5.91 Å². The van der Waals surface area contributed by atoms with Crippen molar-refractivity contribution < 1.29 is 14.3 Å². The Morgan fingerprint density at radius 2 is 2.16 bits per heavy atom. The smallest absolute Gasteiger partial charge is 0.260 e. The van der Waals surface area contributed by atoms with Gasteiger partial charge in [0.2, 0.25) is 0 Å². The van der Waals surface area contributed by atoms with E-state index in [1.54, 1.807) is 16.7 Å². The number of nitrogens with zero attached hydrogens (tertiary/aromatic N) is 1. The Morgan fingerprint density at radius 3 is 2.63 bits per heavy atom. The molecule has 1 amide bonds. The lowest BCUT2D eigenvalue weighted by Crippen LogP contribution is -2.66. The highest BCUT2D eigenvalue weighted by Gasteiger charge is 2.54. The van der Waals surface area contributed by atoms with Crippen LogP contribution in [0.1, 0.15) is 20.8 Å². The molecule has 2 aliphatic heterocycles. The summed E-state index contributed by atoms with van der Waals surface area (Å²) in [4.78, 5) is 26.3. The van der Waals surface area contributed by atoms with Gasteiger partial charge in [-0.1, -0.05) is 36.7 Å². The predicted octanol–water partition coefficient (Wildman–Crippen LogP) is 2.18. The number of thioether (sulfide) groups is 1. The van der Waals surface area contributed by atoms with Crippen LogP contribution in [0.4, 0.5) is 0 Å². The highest BCUT2D eigenvalue weighted by atomic mass is 79.9. The van der Waals surface area contributed by atoms with Crippen molar-refractivity contribution in [2.24, 2.45) is 5.41 Å². The van der Waals surface area contributed by atoms with Crippen molar-refractivity contribution in [3.8, 4) is 0 Å². The van der Waals surface area contributed by atoms with Crippen LogP contribution < -0.4 is 0 Å². The van der Waals surface area contributed by atoms with E-state index in [-0.39, 0.29) is 17.1 Å². The lowest BCUT2D eigenvalue weighted by molar-refractivity contribution is -0.160. The van der Waals surface area contributed by atoms with Gasteiger partial charge in [0.05, 0.1) is 5.70 Å². The van der Waals surface area contributed by atoms with E-state index in [2.05, 4.69) is 15.9 Å². The first-order valence-electron chi connectivity index (χ1n) is 6.13. The summed E-state index contributed by atoms with van der Waals surface area (Å²) in [5, 5.41) is 0.562. The van der Waals surface area contributed by atoms with Crippen molar-refractivity contribution in [3.63, 3.8) is 0 Å². The number of fused-ring (bicyclic) bond motifs is 1. The molecule has 0 saturated carbocycles. The van der Waals surface area contributed by atoms with E-state index in [1.165, 1.54) is 7.11 Å². The zero-order valence-corrected chi connectivity index (χ0v) is 13.9. The molecule has 6 heteroatoms. The number of carbonyl (C=O) groups is 2. The Kier molecular flexibility index (Phi) is 4.14. The summed E-state index contributed by atoms with van der Waals surface area (Å²) >= 11 is 5.07. The highest BCUT2D eigenvalue weighted by Crippen LogP contribution is 2.43. The largest absolute Gasteiger partial charge is 0.368 e. The number of methoxy groups -OCH3 is 1. The number of alkyl halides is 1. The molecule has 2 rings (SSSR count). The number of ether oxygens (including phenoxy) is 1. The van der Waals surface area contributed by atoms with Gasteiger partial charge in [-0.2, -0.15) is 0 Å². The third kappa shape index (κ3) is 2.38. The van der Waals surface area contributed by atoms with Gasteiger partial charge in [-0.3, -0.25) is 14.5 Å². The molecule has 19 heavy (non-hydrogen) atoms. The SMILES string of the molecule is CO[C@H]1C(=O)N2C(C(=O)C(C)(C)C)=C(CBr)CS[C@H]12. The molecule has 2 heterocycles. The Morgan fingerprint density at radius 1 is 1.53 bits per heavy atom. The molecule has 106 valence electrons. The van der Waals surface area contributed by atoms with Gasteiger partial charge >= 0.3 is 0 Å². The molecule has 2 aliphatic rings. The van der Waals surface area contributed by atoms with E-state index in [4.69, 9.17) is 4.74 Å². The van der Waals surface area contributed by atoms with E-state index in [0.29, 0.717) is 11.0 Å². The fourth-order valence-electron chi connectivity index (χ4n) is 2.21. The van der Waals surface area contributed by atoms with Crippen molar-refractivity contribution in [1.29, 1.82) is 0 Å². The molecule has 0 N–H and O–H groups in total. The first-order chi connectivity index (χ1) is 8.82. The zero-order valence-electron chi connectivity index (χ0n) is 11.5. The molecular formula is C13H18BrNO3S. The maximum Gasteiger partial charge on any atom is 0.260 e. The van der Waals surface area contributed by atoms with Crippen LogP contribution in [0.2, 0.25) is 0 Å². The van der Waals surface area contributed by atoms with Crippen LogP contribution in [-0.2, 0) is 14.3 Å². The zero-order chi connectivity index (χ0) is 14.4. The number of β-lactam (4-membered cyclic amide) rings is 1. The first kappa shape index (κ1) is 15.1. The average molecular weight is 348 g/mol. The molecule has 0 aromatic carbocycles. The number of hydrogen-bond acceptors (Lipinski definition) is 4. The summed E-state index contributed by atoms with van der Waals surface area (Å²) in [6.45, 7) is 5.63. The minimum Gasteiger partial charge on any atom is -0.368 e. The molecule has 0 aliphatic carbocycles. The van der Waals surface area contributed by atoms with Crippen LogP contribution in [0.15, 0.2) is 11.3 Å². The Balaban J connectivity index is 2.39. The fourth-order valence-corrected chi connectivity index (χ4v) is 4.30. The topological polar surface area (TPSA) is 46.6 Å². The number of carbonyl (C=O) groups excluding carboxylic acids is 2. The molecule has 0 unspecified atom stereocenters. The standard InChI is InChI=1S/C13H18BrNO3S/c1-13(2,3)10(16)8-7(5-14)6-19-12-9(18-4)11(17)15(8)12/h9,12H,5-6H2,1-4H3/t9-,12+/m0/s1. The van der Waals surface area contributed by atoms with Gasteiger partial charge in [-0.25, -0.2) is 0 Å². The van der Waals surface area contributed by atoms with Crippen LogP contribution in [0.25, 0.3) is 0 Å². The van der Waals surface area contributed by atoms with Gasteiger partial charge in [0.15, 0.2) is 11.9 Å². The summed E-state index contributed by atoms with van der Waals surface area (Å²) < 4.78 is 5.19. The third-order valence-electron chi connectivity index (χ3n) is 3.31. The molecule has 0 radical (unpaired) electrons. The second kappa shape index (κ2) is 5.22. The molecule has 0 aromatic rings. The lowest BCUT2D eigenvalue weighted by atomic mass is 9.86. The molecule has 0 bridgehead atoms. The van der Waals surface area contributed by atoms with Gasteiger partial charge < -0.3 is 4.74 Å². The fraction of sp³-hybridized carbons (Fsp3) is 0.692. The maximum atomic E-state index is 12.6. The van der Waals surface area contributed by atoms with E-state index < -0.39 is 11.5 Å². The summed E-state index contributed by atoms with van der Waals surface area (Å²) in [5.41, 5.74) is 1.07. The van der Waals surface area contributed by atoms with E-state index >= 15 is 0 Å². The minimum absolute atomic E-state index is 0.0233. The van der Waals surface area contributed by atoms with Gasteiger partial charge in [-0.15, -0.1) is 11.8 Å². The van der Waals surface area contributed by atoms with E-state index in [0.717, 1.165) is 11.3 Å². The highest BCUT2D eigenvalue weighted by molar-refractivity contribution is 9.09. The van der Waals surface area contributed by atoms with Crippen LogP contribution in [-0.4, -0.2) is 46.3 Å². The molecule has 2 atom stereocenters. The number of rotatable bonds is 3. The van der Waals surface area contributed by atoms with Crippen LogP contribution in [0.5, 0.6) is 0 Å². The van der Waals surface area contributed by atoms with Crippen molar-refractivity contribution >= 4 is 39.4 Å². The number of amides is 1. The predicted molar refractivity (Wildman–Crippen MR) is 79.2 cm³/mol. The molecule has 1 fully saturated rings. The average Bonchev–Trinajstić information content (AvgIpc) is 2.35. The van der Waals surface area contributed by atoms with Crippen molar-refractivity contribution in [2.75, 3.05) is 18.2 Å².